The van der Waals surface area contributed by atoms with Gasteiger partial charge in [-0.15, -0.1) is 0 Å². The molecule has 0 aliphatic carbocycles. The molecule has 1 aromatic rings. The molecule has 4 nitrogen and oxygen atoms in total. The molecule has 0 heterocycles. The largest absolute Gasteiger partial charge is 0.365 e. The van der Waals surface area contributed by atoms with Gasteiger partial charge in [0.1, 0.15) is 0 Å². The number of rotatable bonds is 7. The van der Waals surface area contributed by atoms with Crippen LogP contribution in [0, 0.1) is 0 Å². The third-order valence-corrected chi connectivity index (χ3v) is 2.92. The van der Waals surface area contributed by atoms with Gasteiger partial charge in [-0.3, -0.25) is 4.79 Å². The van der Waals surface area contributed by atoms with E-state index in [1.807, 2.05) is 25.8 Å². The summed E-state index contributed by atoms with van der Waals surface area (Å²) >= 11 is 0. The van der Waals surface area contributed by atoms with Crippen LogP contribution in [0.1, 0.15) is 33.3 Å². The molecule has 20 heavy (non-hydrogen) atoms. The van der Waals surface area contributed by atoms with Crippen molar-refractivity contribution in [2.24, 2.45) is 0 Å². The number of hydrogen-bond donors (Lipinski definition) is 2. The van der Waals surface area contributed by atoms with E-state index in [2.05, 4.69) is 48.7 Å². The summed E-state index contributed by atoms with van der Waals surface area (Å²) in [6.07, 6.45) is 0. The number of nitrogens with one attached hydrogen (secondary N) is 2. The van der Waals surface area contributed by atoms with Crippen molar-refractivity contribution in [1.82, 2.24) is 10.6 Å². The Bertz CT molecular complexity index is 412. The number of benzene rings is 1. The summed E-state index contributed by atoms with van der Waals surface area (Å²) in [7, 11) is 1.93. The van der Waals surface area contributed by atoms with Crippen LogP contribution < -0.4 is 15.5 Å². The van der Waals surface area contributed by atoms with E-state index in [1.165, 1.54) is 5.56 Å². The summed E-state index contributed by atoms with van der Waals surface area (Å²) in [6, 6.07) is 8.97. The molecular formula is C16H27N3O. The molecular weight excluding hydrogens is 250 g/mol. The summed E-state index contributed by atoms with van der Waals surface area (Å²) in [6.45, 7) is 9.45. The van der Waals surface area contributed by atoms with Crippen LogP contribution in [0.15, 0.2) is 24.3 Å². The standard InChI is InChI=1S/C16H27N3O/c1-12(2)17-10-14-6-8-15(9-7-14)19(5)11-16(20)18-13(3)4/h6-9,12-13,17H,10-11H2,1-5H3,(H,18,20). The molecule has 0 saturated carbocycles. The van der Waals surface area contributed by atoms with Crippen LogP contribution in [0.3, 0.4) is 0 Å². The normalized spacial score (nSPS) is 10.9. The van der Waals surface area contributed by atoms with Crippen molar-refractivity contribution in [2.75, 3.05) is 18.5 Å². The molecule has 0 unspecified atom stereocenters. The number of nitrogens with zero attached hydrogens (tertiary/aromatic N) is 1. The maximum atomic E-state index is 11.7. The van der Waals surface area contributed by atoms with Crippen molar-refractivity contribution >= 4 is 11.6 Å². The third kappa shape index (κ3) is 6.06. The van der Waals surface area contributed by atoms with E-state index in [9.17, 15) is 4.79 Å². The van der Waals surface area contributed by atoms with Gasteiger partial charge in [-0.2, -0.15) is 0 Å². The lowest BCUT2D eigenvalue weighted by molar-refractivity contribution is -0.120. The first-order valence-electron chi connectivity index (χ1n) is 7.21. The van der Waals surface area contributed by atoms with Gasteiger partial charge in [0.15, 0.2) is 0 Å². The van der Waals surface area contributed by atoms with Gasteiger partial charge in [0.25, 0.3) is 0 Å². The quantitative estimate of drug-likeness (QED) is 0.802. The lowest BCUT2D eigenvalue weighted by Crippen LogP contribution is -2.38. The van der Waals surface area contributed by atoms with Gasteiger partial charge in [0, 0.05) is 31.4 Å². The minimum atomic E-state index is 0.0491. The molecule has 0 aliphatic rings. The average molecular weight is 277 g/mol. The molecule has 1 rings (SSSR count). The van der Waals surface area contributed by atoms with Gasteiger partial charge < -0.3 is 15.5 Å². The molecule has 1 amide bonds. The minimum absolute atomic E-state index is 0.0491. The van der Waals surface area contributed by atoms with Crippen LogP contribution in [-0.4, -0.2) is 31.6 Å². The zero-order chi connectivity index (χ0) is 15.1. The number of carbonyl (C=O) groups is 1. The van der Waals surface area contributed by atoms with Crippen LogP contribution in [0.2, 0.25) is 0 Å². The van der Waals surface area contributed by atoms with Crippen LogP contribution in [0.25, 0.3) is 0 Å². The lowest BCUT2D eigenvalue weighted by atomic mass is 10.2. The minimum Gasteiger partial charge on any atom is -0.365 e. The van der Waals surface area contributed by atoms with Gasteiger partial charge in [-0.05, 0) is 31.5 Å². The second-order valence-electron chi connectivity index (χ2n) is 5.78. The smallest absolute Gasteiger partial charge is 0.239 e. The Morgan fingerprint density at radius 3 is 2.20 bits per heavy atom. The van der Waals surface area contributed by atoms with Gasteiger partial charge in [0.2, 0.25) is 5.91 Å². The first kappa shape index (κ1) is 16.5. The van der Waals surface area contributed by atoms with Gasteiger partial charge in [-0.25, -0.2) is 0 Å². The summed E-state index contributed by atoms with van der Waals surface area (Å²) in [5.74, 6) is 0.0491. The predicted molar refractivity (Wildman–Crippen MR) is 85.0 cm³/mol. The molecule has 0 radical (unpaired) electrons. The Kier molecular flexibility index (Phi) is 6.52. The molecule has 1 aromatic carbocycles. The first-order valence-corrected chi connectivity index (χ1v) is 7.21. The monoisotopic (exact) mass is 277 g/mol. The highest BCUT2D eigenvalue weighted by Crippen LogP contribution is 2.13. The Morgan fingerprint density at radius 1 is 1.10 bits per heavy atom. The number of anilines is 1. The Morgan fingerprint density at radius 2 is 1.70 bits per heavy atom. The van der Waals surface area contributed by atoms with Crippen molar-refractivity contribution in [3.63, 3.8) is 0 Å². The fraction of sp³-hybridized carbons (Fsp3) is 0.562. The fourth-order valence-electron chi connectivity index (χ4n) is 1.86. The highest BCUT2D eigenvalue weighted by atomic mass is 16.2. The first-order chi connectivity index (χ1) is 9.38. The van der Waals surface area contributed by atoms with E-state index in [-0.39, 0.29) is 11.9 Å². The van der Waals surface area contributed by atoms with Crippen LogP contribution in [0.4, 0.5) is 5.69 Å². The number of hydrogen-bond acceptors (Lipinski definition) is 3. The molecule has 0 fully saturated rings. The Balaban J connectivity index is 2.52. The summed E-state index contributed by atoms with van der Waals surface area (Å²) in [5.41, 5.74) is 2.31. The molecule has 0 aromatic heterocycles. The van der Waals surface area contributed by atoms with Crippen molar-refractivity contribution < 1.29 is 4.79 Å². The van der Waals surface area contributed by atoms with Gasteiger partial charge in [-0.1, -0.05) is 26.0 Å². The Hall–Kier alpha value is -1.55. The number of likely N-dealkylation sites (N-methyl/N-ethyl adjacent to an activating group) is 1. The summed E-state index contributed by atoms with van der Waals surface area (Å²) in [5, 5.41) is 6.28. The SMILES string of the molecule is CC(C)NCc1ccc(N(C)CC(=O)NC(C)C)cc1. The lowest BCUT2D eigenvalue weighted by Gasteiger charge is -2.20. The summed E-state index contributed by atoms with van der Waals surface area (Å²) in [4.78, 5) is 13.7. The number of carbonyl (C=O) groups excluding carboxylic acids is 1. The highest BCUT2D eigenvalue weighted by molar-refractivity contribution is 5.81. The molecule has 0 saturated heterocycles. The van der Waals surface area contributed by atoms with E-state index < -0.39 is 0 Å². The van der Waals surface area contributed by atoms with Crippen molar-refractivity contribution in [3.8, 4) is 0 Å². The fourth-order valence-corrected chi connectivity index (χ4v) is 1.86. The van der Waals surface area contributed by atoms with Crippen molar-refractivity contribution in [2.45, 2.75) is 46.3 Å². The van der Waals surface area contributed by atoms with E-state index in [1.54, 1.807) is 0 Å². The van der Waals surface area contributed by atoms with E-state index in [4.69, 9.17) is 0 Å². The van der Waals surface area contributed by atoms with Crippen LogP contribution in [0.5, 0.6) is 0 Å². The maximum absolute atomic E-state index is 11.7. The predicted octanol–water partition coefficient (Wildman–Crippen LogP) is 2.15. The van der Waals surface area contributed by atoms with E-state index in [0.29, 0.717) is 12.6 Å². The van der Waals surface area contributed by atoms with Crippen molar-refractivity contribution in [3.05, 3.63) is 29.8 Å². The van der Waals surface area contributed by atoms with Crippen molar-refractivity contribution in [1.29, 1.82) is 0 Å². The Labute approximate surface area is 122 Å². The van der Waals surface area contributed by atoms with E-state index >= 15 is 0 Å². The van der Waals surface area contributed by atoms with Crippen LogP contribution in [-0.2, 0) is 11.3 Å². The third-order valence-electron chi connectivity index (χ3n) is 2.92. The maximum Gasteiger partial charge on any atom is 0.239 e. The van der Waals surface area contributed by atoms with Gasteiger partial charge >= 0.3 is 0 Å². The summed E-state index contributed by atoms with van der Waals surface area (Å²) < 4.78 is 0. The molecule has 112 valence electrons. The second-order valence-corrected chi connectivity index (χ2v) is 5.78. The molecule has 0 atom stereocenters. The zero-order valence-electron chi connectivity index (χ0n) is 13.2. The molecule has 0 spiro atoms. The molecule has 0 bridgehead atoms. The second kappa shape index (κ2) is 7.90. The topological polar surface area (TPSA) is 44.4 Å². The molecule has 0 aliphatic heterocycles. The average Bonchev–Trinajstić information content (AvgIpc) is 2.35. The number of amides is 1. The van der Waals surface area contributed by atoms with Crippen LogP contribution >= 0.6 is 0 Å². The van der Waals surface area contributed by atoms with E-state index in [0.717, 1.165) is 12.2 Å². The highest BCUT2D eigenvalue weighted by Gasteiger charge is 2.08. The molecule has 4 heteroatoms. The molecule has 2 N–H and O–H groups in total. The zero-order valence-corrected chi connectivity index (χ0v) is 13.2. The van der Waals surface area contributed by atoms with Gasteiger partial charge in [0.05, 0.1) is 6.54 Å².